The molecule has 2 unspecified atom stereocenters. The summed E-state index contributed by atoms with van der Waals surface area (Å²) in [7, 11) is 3.74. The van der Waals surface area contributed by atoms with Crippen LogP contribution in [0.3, 0.4) is 0 Å². The molecule has 0 amide bonds. The first kappa shape index (κ1) is 16.4. The Morgan fingerprint density at radius 3 is 2.26 bits per heavy atom. The van der Waals surface area contributed by atoms with Gasteiger partial charge in [0.2, 0.25) is 0 Å². The number of thioether (sulfide) groups is 1. The SMILES string of the molecule is CNC(c1ccc(OC)cc1)C(C)SCCC(C)C. The smallest absolute Gasteiger partial charge is 0.118 e. The molecule has 19 heavy (non-hydrogen) atoms. The molecule has 108 valence electrons. The third kappa shape index (κ3) is 5.45. The maximum Gasteiger partial charge on any atom is 0.118 e. The van der Waals surface area contributed by atoms with E-state index in [1.807, 2.05) is 30.9 Å². The van der Waals surface area contributed by atoms with Crippen molar-refractivity contribution in [2.24, 2.45) is 5.92 Å². The second-order valence-corrected chi connectivity index (χ2v) is 6.78. The van der Waals surface area contributed by atoms with Crippen LogP contribution in [0.2, 0.25) is 0 Å². The van der Waals surface area contributed by atoms with Crippen LogP contribution in [-0.4, -0.2) is 25.2 Å². The molecule has 0 aliphatic heterocycles. The number of nitrogens with one attached hydrogen (secondary N) is 1. The first-order chi connectivity index (χ1) is 9.08. The van der Waals surface area contributed by atoms with Gasteiger partial charge in [0, 0.05) is 11.3 Å². The van der Waals surface area contributed by atoms with E-state index in [-0.39, 0.29) is 0 Å². The third-order valence-corrected chi connectivity index (χ3v) is 4.60. The Balaban J connectivity index is 2.59. The van der Waals surface area contributed by atoms with Crippen molar-refractivity contribution < 1.29 is 4.74 Å². The highest BCUT2D eigenvalue weighted by atomic mass is 32.2. The Bertz CT molecular complexity index is 350. The fourth-order valence-electron chi connectivity index (χ4n) is 2.07. The Morgan fingerprint density at radius 2 is 1.79 bits per heavy atom. The van der Waals surface area contributed by atoms with Gasteiger partial charge in [-0.15, -0.1) is 0 Å². The van der Waals surface area contributed by atoms with Crippen molar-refractivity contribution in [3.63, 3.8) is 0 Å². The van der Waals surface area contributed by atoms with Crippen molar-refractivity contribution >= 4 is 11.8 Å². The van der Waals surface area contributed by atoms with Crippen molar-refractivity contribution in [1.29, 1.82) is 0 Å². The van der Waals surface area contributed by atoms with E-state index in [2.05, 4.69) is 38.2 Å². The number of methoxy groups -OCH3 is 1. The second kappa shape index (κ2) is 8.49. The van der Waals surface area contributed by atoms with Crippen LogP contribution >= 0.6 is 11.8 Å². The molecule has 1 N–H and O–H groups in total. The van der Waals surface area contributed by atoms with Crippen LogP contribution in [0.15, 0.2) is 24.3 Å². The fourth-order valence-corrected chi connectivity index (χ4v) is 3.53. The lowest BCUT2D eigenvalue weighted by molar-refractivity contribution is 0.414. The Hall–Kier alpha value is -0.670. The topological polar surface area (TPSA) is 21.3 Å². The molecule has 2 atom stereocenters. The molecule has 0 aromatic heterocycles. The Morgan fingerprint density at radius 1 is 1.16 bits per heavy atom. The van der Waals surface area contributed by atoms with Gasteiger partial charge in [-0.1, -0.05) is 32.9 Å². The molecule has 1 aromatic carbocycles. The molecule has 2 nitrogen and oxygen atoms in total. The van der Waals surface area contributed by atoms with Gasteiger partial charge in [-0.2, -0.15) is 11.8 Å². The molecule has 3 heteroatoms. The van der Waals surface area contributed by atoms with Gasteiger partial charge in [-0.05, 0) is 42.8 Å². The lowest BCUT2D eigenvalue weighted by atomic mass is 10.0. The molecular weight excluding hydrogens is 254 g/mol. The van der Waals surface area contributed by atoms with E-state index in [4.69, 9.17) is 4.74 Å². The zero-order valence-corrected chi connectivity index (χ0v) is 13.6. The summed E-state index contributed by atoms with van der Waals surface area (Å²) < 4.78 is 5.21. The number of benzene rings is 1. The van der Waals surface area contributed by atoms with Crippen molar-refractivity contribution in [3.8, 4) is 5.75 Å². The fraction of sp³-hybridized carbons (Fsp3) is 0.625. The number of hydrogen-bond donors (Lipinski definition) is 1. The maximum absolute atomic E-state index is 5.21. The summed E-state index contributed by atoms with van der Waals surface area (Å²) in [4.78, 5) is 0. The summed E-state index contributed by atoms with van der Waals surface area (Å²) in [5.74, 6) is 2.93. The van der Waals surface area contributed by atoms with E-state index >= 15 is 0 Å². The molecule has 0 aliphatic rings. The highest BCUT2D eigenvalue weighted by molar-refractivity contribution is 7.99. The summed E-state index contributed by atoms with van der Waals surface area (Å²) in [6.07, 6.45) is 1.29. The van der Waals surface area contributed by atoms with Crippen LogP contribution in [0.25, 0.3) is 0 Å². The van der Waals surface area contributed by atoms with Gasteiger partial charge in [0.15, 0.2) is 0 Å². The molecular formula is C16H27NOS. The molecule has 1 aromatic rings. The summed E-state index contributed by atoms with van der Waals surface area (Å²) in [6.45, 7) is 6.87. The zero-order valence-electron chi connectivity index (χ0n) is 12.8. The third-order valence-electron chi connectivity index (χ3n) is 3.33. The van der Waals surface area contributed by atoms with Crippen LogP contribution in [0.4, 0.5) is 0 Å². The first-order valence-corrected chi connectivity index (χ1v) is 8.06. The molecule has 0 bridgehead atoms. The number of hydrogen-bond acceptors (Lipinski definition) is 3. The zero-order chi connectivity index (χ0) is 14.3. The summed E-state index contributed by atoms with van der Waals surface area (Å²) >= 11 is 2.05. The normalized spacial score (nSPS) is 14.4. The van der Waals surface area contributed by atoms with Gasteiger partial charge in [-0.3, -0.25) is 0 Å². The highest BCUT2D eigenvalue weighted by Gasteiger charge is 2.17. The van der Waals surface area contributed by atoms with E-state index in [1.54, 1.807) is 7.11 Å². The number of rotatable bonds is 8. The quantitative estimate of drug-likeness (QED) is 0.774. The average molecular weight is 281 g/mol. The monoisotopic (exact) mass is 281 g/mol. The predicted octanol–water partition coefficient (Wildman–Crippen LogP) is 4.12. The van der Waals surface area contributed by atoms with E-state index in [0.29, 0.717) is 11.3 Å². The number of ether oxygens (including phenoxy) is 1. The van der Waals surface area contributed by atoms with Crippen molar-refractivity contribution in [2.75, 3.05) is 19.9 Å². The van der Waals surface area contributed by atoms with Gasteiger partial charge < -0.3 is 10.1 Å². The summed E-state index contributed by atoms with van der Waals surface area (Å²) in [6, 6.07) is 8.76. The van der Waals surface area contributed by atoms with Gasteiger partial charge >= 0.3 is 0 Å². The lowest BCUT2D eigenvalue weighted by Crippen LogP contribution is -2.25. The minimum atomic E-state index is 0.392. The van der Waals surface area contributed by atoms with Gasteiger partial charge in [-0.25, -0.2) is 0 Å². The van der Waals surface area contributed by atoms with Crippen LogP contribution in [0.5, 0.6) is 5.75 Å². The highest BCUT2D eigenvalue weighted by Crippen LogP contribution is 2.28. The average Bonchev–Trinajstić information content (AvgIpc) is 2.40. The molecule has 0 spiro atoms. The molecule has 0 aliphatic carbocycles. The minimum absolute atomic E-state index is 0.392. The maximum atomic E-state index is 5.21. The van der Waals surface area contributed by atoms with Crippen LogP contribution < -0.4 is 10.1 Å². The predicted molar refractivity (Wildman–Crippen MR) is 86.2 cm³/mol. The molecule has 0 saturated carbocycles. The molecule has 1 rings (SSSR count). The Labute approximate surface area is 122 Å². The van der Waals surface area contributed by atoms with Crippen molar-refractivity contribution in [1.82, 2.24) is 5.32 Å². The Kier molecular flexibility index (Phi) is 7.32. The summed E-state index contributed by atoms with van der Waals surface area (Å²) in [5, 5.41) is 4.00. The van der Waals surface area contributed by atoms with E-state index in [0.717, 1.165) is 11.7 Å². The first-order valence-electron chi connectivity index (χ1n) is 7.01. The largest absolute Gasteiger partial charge is 0.497 e. The molecule has 0 saturated heterocycles. The van der Waals surface area contributed by atoms with E-state index in [9.17, 15) is 0 Å². The van der Waals surface area contributed by atoms with Crippen molar-refractivity contribution in [2.45, 2.75) is 38.5 Å². The molecule has 0 heterocycles. The minimum Gasteiger partial charge on any atom is -0.497 e. The summed E-state index contributed by atoms with van der Waals surface area (Å²) in [5.41, 5.74) is 1.33. The van der Waals surface area contributed by atoms with Crippen LogP contribution in [-0.2, 0) is 0 Å². The van der Waals surface area contributed by atoms with Crippen LogP contribution in [0, 0.1) is 5.92 Å². The van der Waals surface area contributed by atoms with Crippen molar-refractivity contribution in [3.05, 3.63) is 29.8 Å². The van der Waals surface area contributed by atoms with Gasteiger partial charge in [0.05, 0.1) is 7.11 Å². The van der Waals surface area contributed by atoms with Gasteiger partial charge in [0.25, 0.3) is 0 Å². The van der Waals surface area contributed by atoms with Crippen LogP contribution in [0.1, 0.15) is 38.8 Å². The van der Waals surface area contributed by atoms with Gasteiger partial charge in [0.1, 0.15) is 5.75 Å². The second-order valence-electron chi connectivity index (χ2n) is 5.30. The van der Waals surface area contributed by atoms with E-state index < -0.39 is 0 Å². The molecule has 0 radical (unpaired) electrons. The molecule has 0 fully saturated rings. The standard InChI is InChI=1S/C16H27NOS/c1-12(2)10-11-19-13(3)16(17-4)14-6-8-15(18-5)9-7-14/h6-9,12-13,16-17H,10-11H2,1-5H3. The van der Waals surface area contributed by atoms with E-state index in [1.165, 1.54) is 17.7 Å². The lowest BCUT2D eigenvalue weighted by Gasteiger charge is -2.24.